The third kappa shape index (κ3) is 2.16. The predicted molar refractivity (Wildman–Crippen MR) is 64.1 cm³/mol. The molecule has 6 nitrogen and oxygen atoms in total. The number of carboxylic acid groups (broad SMARTS) is 1. The van der Waals surface area contributed by atoms with E-state index in [4.69, 9.17) is 5.11 Å². The minimum atomic E-state index is -0.936. The van der Waals surface area contributed by atoms with Gasteiger partial charge in [-0.2, -0.15) is 0 Å². The van der Waals surface area contributed by atoms with Gasteiger partial charge in [0, 0.05) is 13.1 Å². The van der Waals surface area contributed by atoms with Crippen molar-refractivity contribution in [2.45, 2.75) is 38.3 Å². The first-order valence-electron chi connectivity index (χ1n) is 6.47. The van der Waals surface area contributed by atoms with E-state index in [0.29, 0.717) is 19.5 Å². The van der Waals surface area contributed by atoms with Gasteiger partial charge in [0.1, 0.15) is 6.04 Å². The molecule has 0 bridgehead atoms. The number of carbonyl (C=O) groups is 2. The van der Waals surface area contributed by atoms with Crippen molar-refractivity contribution >= 4 is 12.0 Å². The number of amides is 2. The van der Waals surface area contributed by atoms with Crippen molar-refractivity contribution in [3.8, 4) is 0 Å². The van der Waals surface area contributed by atoms with Crippen LogP contribution in [0.4, 0.5) is 4.79 Å². The Morgan fingerprint density at radius 1 is 1.22 bits per heavy atom. The Morgan fingerprint density at radius 2 is 1.94 bits per heavy atom. The zero-order valence-electron chi connectivity index (χ0n) is 10.6. The summed E-state index contributed by atoms with van der Waals surface area (Å²) in [6.07, 6.45) is 2.12. The number of aliphatic hydroxyl groups excluding tert-OH is 1. The summed E-state index contributed by atoms with van der Waals surface area (Å²) < 4.78 is 0. The summed E-state index contributed by atoms with van der Waals surface area (Å²) in [4.78, 5) is 26.5. The third-order valence-electron chi connectivity index (χ3n) is 4.10. The maximum atomic E-state index is 12.4. The first-order chi connectivity index (χ1) is 8.56. The Kier molecular flexibility index (Phi) is 3.75. The van der Waals surface area contributed by atoms with E-state index in [1.165, 1.54) is 4.90 Å². The second-order valence-corrected chi connectivity index (χ2v) is 5.18. The molecular formula is C12H20N2O4. The lowest BCUT2D eigenvalue weighted by atomic mass is 10.0. The second kappa shape index (κ2) is 5.14. The van der Waals surface area contributed by atoms with Crippen molar-refractivity contribution in [2.24, 2.45) is 5.92 Å². The summed E-state index contributed by atoms with van der Waals surface area (Å²) in [5, 5.41) is 18.4. The maximum absolute atomic E-state index is 12.4. The molecule has 18 heavy (non-hydrogen) atoms. The molecule has 0 aliphatic carbocycles. The molecule has 2 unspecified atom stereocenters. The monoisotopic (exact) mass is 256 g/mol. The molecule has 0 radical (unpaired) electrons. The van der Waals surface area contributed by atoms with Crippen molar-refractivity contribution in [3.63, 3.8) is 0 Å². The highest BCUT2D eigenvalue weighted by Gasteiger charge is 2.41. The van der Waals surface area contributed by atoms with Crippen LogP contribution in [0.3, 0.4) is 0 Å². The molecule has 2 rings (SSSR count). The average Bonchev–Trinajstić information content (AvgIpc) is 2.93. The van der Waals surface area contributed by atoms with Crippen molar-refractivity contribution in [2.75, 3.05) is 19.7 Å². The van der Waals surface area contributed by atoms with E-state index >= 15 is 0 Å². The van der Waals surface area contributed by atoms with Crippen LogP contribution >= 0.6 is 0 Å². The zero-order chi connectivity index (χ0) is 13.3. The molecule has 2 saturated heterocycles. The highest BCUT2D eigenvalue weighted by molar-refractivity contribution is 5.83. The van der Waals surface area contributed by atoms with Gasteiger partial charge in [-0.05, 0) is 25.2 Å². The van der Waals surface area contributed by atoms with E-state index in [9.17, 15) is 14.7 Å². The van der Waals surface area contributed by atoms with Gasteiger partial charge in [-0.3, -0.25) is 0 Å². The number of urea groups is 1. The standard InChI is InChI=1S/C12H20N2O4/c1-8-4-6-14(10(8)7-15)12(18)13-5-2-3-9(13)11(16)17/h8-10,15H,2-7H2,1H3,(H,16,17)/t8?,9-,10?/m1/s1. The number of likely N-dealkylation sites (tertiary alicyclic amines) is 2. The fourth-order valence-corrected chi connectivity index (χ4v) is 2.94. The zero-order valence-corrected chi connectivity index (χ0v) is 10.6. The molecule has 102 valence electrons. The summed E-state index contributed by atoms with van der Waals surface area (Å²) in [7, 11) is 0. The Hall–Kier alpha value is -1.30. The number of hydrogen-bond donors (Lipinski definition) is 2. The van der Waals surface area contributed by atoms with Crippen LogP contribution < -0.4 is 0 Å². The van der Waals surface area contributed by atoms with E-state index in [2.05, 4.69) is 0 Å². The second-order valence-electron chi connectivity index (χ2n) is 5.18. The lowest BCUT2D eigenvalue weighted by Gasteiger charge is -2.31. The first kappa shape index (κ1) is 13.1. The summed E-state index contributed by atoms with van der Waals surface area (Å²) in [6, 6.07) is -1.11. The topological polar surface area (TPSA) is 81.1 Å². The first-order valence-corrected chi connectivity index (χ1v) is 6.47. The van der Waals surface area contributed by atoms with Crippen LogP contribution in [0.2, 0.25) is 0 Å². The lowest BCUT2D eigenvalue weighted by molar-refractivity contribution is -0.141. The Balaban J connectivity index is 2.09. The largest absolute Gasteiger partial charge is 0.480 e. The SMILES string of the molecule is CC1CCN(C(=O)N2CCC[C@@H]2C(=O)O)C1CO. The number of aliphatic carboxylic acids is 1. The Morgan fingerprint density at radius 3 is 2.56 bits per heavy atom. The molecule has 2 aliphatic heterocycles. The number of carboxylic acids is 1. The summed E-state index contributed by atoms with van der Waals surface area (Å²) in [5.74, 6) is -0.668. The number of rotatable bonds is 2. The van der Waals surface area contributed by atoms with Crippen LogP contribution in [0.25, 0.3) is 0 Å². The molecule has 2 aliphatic rings. The molecule has 2 amide bonds. The Labute approximate surface area is 106 Å². The van der Waals surface area contributed by atoms with E-state index in [1.54, 1.807) is 4.90 Å². The maximum Gasteiger partial charge on any atom is 0.326 e. The molecule has 2 heterocycles. The van der Waals surface area contributed by atoms with Crippen LogP contribution in [-0.4, -0.2) is 63.8 Å². The fourth-order valence-electron chi connectivity index (χ4n) is 2.94. The van der Waals surface area contributed by atoms with Gasteiger partial charge in [0.25, 0.3) is 0 Å². The van der Waals surface area contributed by atoms with Crippen molar-refractivity contribution < 1.29 is 19.8 Å². The van der Waals surface area contributed by atoms with Crippen molar-refractivity contribution in [1.82, 2.24) is 9.80 Å². The van der Waals surface area contributed by atoms with Crippen LogP contribution in [0.1, 0.15) is 26.2 Å². The van der Waals surface area contributed by atoms with Gasteiger partial charge in [-0.15, -0.1) is 0 Å². The summed E-state index contributed by atoms with van der Waals surface area (Å²) in [6.45, 7) is 3.05. The minimum Gasteiger partial charge on any atom is -0.480 e. The van der Waals surface area contributed by atoms with Gasteiger partial charge in [0.15, 0.2) is 0 Å². The molecule has 2 N–H and O–H groups in total. The smallest absolute Gasteiger partial charge is 0.326 e. The lowest BCUT2D eigenvalue weighted by Crippen LogP contribution is -2.51. The normalized spacial score (nSPS) is 32.0. The van der Waals surface area contributed by atoms with E-state index in [0.717, 1.165) is 12.8 Å². The molecule has 0 aromatic carbocycles. The Bertz CT molecular complexity index is 347. The van der Waals surface area contributed by atoms with Gasteiger partial charge < -0.3 is 20.0 Å². The van der Waals surface area contributed by atoms with Gasteiger partial charge in [0.2, 0.25) is 0 Å². The van der Waals surface area contributed by atoms with E-state index in [-0.39, 0.29) is 24.6 Å². The number of hydrogen-bond acceptors (Lipinski definition) is 3. The van der Waals surface area contributed by atoms with Crippen molar-refractivity contribution in [3.05, 3.63) is 0 Å². The van der Waals surface area contributed by atoms with Crippen LogP contribution in [0.15, 0.2) is 0 Å². The minimum absolute atomic E-state index is 0.0571. The quantitative estimate of drug-likeness (QED) is 0.747. The van der Waals surface area contributed by atoms with Gasteiger partial charge in [-0.1, -0.05) is 6.92 Å². The van der Waals surface area contributed by atoms with Gasteiger partial charge in [-0.25, -0.2) is 9.59 Å². The predicted octanol–water partition coefficient (Wildman–Crippen LogP) is 0.358. The van der Waals surface area contributed by atoms with E-state index in [1.807, 2.05) is 6.92 Å². The average molecular weight is 256 g/mol. The number of nitrogens with zero attached hydrogens (tertiary/aromatic N) is 2. The molecule has 0 saturated carbocycles. The molecule has 0 aromatic heterocycles. The molecule has 0 aromatic rings. The number of aliphatic hydroxyl groups is 1. The molecule has 6 heteroatoms. The highest BCUT2D eigenvalue weighted by atomic mass is 16.4. The third-order valence-corrected chi connectivity index (χ3v) is 4.10. The van der Waals surface area contributed by atoms with Gasteiger partial charge in [0.05, 0.1) is 12.6 Å². The summed E-state index contributed by atoms with van der Waals surface area (Å²) in [5.41, 5.74) is 0. The van der Waals surface area contributed by atoms with Crippen LogP contribution in [0, 0.1) is 5.92 Å². The molecule has 3 atom stereocenters. The number of carbonyl (C=O) groups excluding carboxylic acids is 1. The summed E-state index contributed by atoms with van der Waals surface area (Å²) >= 11 is 0. The van der Waals surface area contributed by atoms with E-state index < -0.39 is 12.0 Å². The molecular weight excluding hydrogens is 236 g/mol. The van der Waals surface area contributed by atoms with Crippen LogP contribution in [-0.2, 0) is 4.79 Å². The fraction of sp³-hybridized carbons (Fsp3) is 0.833. The molecule has 0 spiro atoms. The van der Waals surface area contributed by atoms with Crippen LogP contribution in [0.5, 0.6) is 0 Å². The van der Waals surface area contributed by atoms with Crippen molar-refractivity contribution in [1.29, 1.82) is 0 Å². The molecule has 2 fully saturated rings. The highest BCUT2D eigenvalue weighted by Crippen LogP contribution is 2.27. The van der Waals surface area contributed by atoms with Gasteiger partial charge >= 0.3 is 12.0 Å².